The number of carbonyl (C=O) groups excluding carboxylic acids is 1. The predicted molar refractivity (Wildman–Crippen MR) is 70.3 cm³/mol. The van der Waals surface area contributed by atoms with Gasteiger partial charge in [-0.25, -0.2) is 8.78 Å². The number of Topliss-reactive ketones (excluding diaryl/α,β-unsaturated/α-hetero) is 1. The lowest BCUT2D eigenvalue weighted by atomic mass is 10.0. The molecule has 0 fully saturated rings. The molecule has 2 rings (SSSR count). The number of rotatable bonds is 3. The van der Waals surface area contributed by atoms with E-state index >= 15 is 0 Å². The summed E-state index contributed by atoms with van der Waals surface area (Å²) in [5, 5.41) is -0.00488. The monoisotopic (exact) mass is 281 g/mol. The SMILES string of the molecule is Nc1ccc(C(=O)Cc2ccc(Cl)c(F)c2)cc1F. The van der Waals surface area contributed by atoms with Crippen molar-refractivity contribution in [1.29, 1.82) is 0 Å². The van der Waals surface area contributed by atoms with Crippen LogP contribution in [0.3, 0.4) is 0 Å². The van der Waals surface area contributed by atoms with E-state index < -0.39 is 11.6 Å². The summed E-state index contributed by atoms with van der Waals surface area (Å²) in [6.07, 6.45) is -0.0303. The average molecular weight is 282 g/mol. The number of benzene rings is 2. The van der Waals surface area contributed by atoms with E-state index in [-0.39, 0.29) is 28.5 Å². The van der Waals surface area contributed by atoms with Crippen molar-refractivity contribution in [1.82, 2.24) is 0 Å². The zero-order valence-electron chi connectivity index (χ0n) is 9.79. The van der Waals surface area contributed by atoms with Crippen molar-refractivity contribution in [3.05, 3.63) is 64.2 Å². The minimum atomic E-state index is -0.645. The molecule has 0 bridgehead atoms. The minimum absolute atomic E-state index is 0.00488. The van der Waals surface area contributed by atoms with Crippen molar-refractivity contribution < 1.29 is 13.6 Å². The van der Waals surface area contributed by atoms with Crippen LogP contribution in [0.25, 0.3) is 0 Å². The fourth-order valence-corrected chi connectivity index (χ4v) is 1.76. The van der Waals surface area contributed by atoms with Crippen molar-refractivity contribution in [2.24, 2.45) is 0 Å². The summed E-state index contributed by atoms with van der Waals surface area (Å²) < 4.78 is 26.5. The molecule has 0 saturated carbocycles. The maximum Gasteiger partial charge on any atom is 0.167 e. The van der Waals surface area contributed by atoms with Gasteiger partial charge >= 0.3 is 0 Å². The second-order valence-corrected chi connectivity index (χ2v) is 4.49. The van der Waals surface area contributed by atoms with E-state index in [1.54, 1.807) is 6.07 Å². The quantitative estimate of drug-likeness (QED) is 0.690. The Bertz CT molecular complexity index is 643. The molecule has 0 aliphatic heterocycles. The van der Waals surface area contributed by atoms with Gasteiger partial charge in [0.15, 0.2) is 5.78 Å². The summed E-state index contributed by atoms with van der Waals surface area (Å²) in [5.41, 5.74) is 5.98. The highest BCUT2D eigenvalue weighted by atomic mass is 35.5. The van der Waals surface area contributed by atoms with Crippen LogP contribution in [0.5, 0.6) is 0 Å². The van der Waals surface area contributed by atoms with Gasteiger partial charge in [0.2, 0.25) is 0 Å². The van der Waals surface area contributed by atoms with Gasteiger partial charge in [0, 0.05) is 12.0 Å². The first-order chi connectivity index (χ1) is 8.97. The van der Waals surface area contributed by atoms with Gasteiger partial charge in [-0.1, -0.05) is 17.7 Å². The molecule has 0 atom stereocenters. The topological polar surface area (TPSA) is 43.1 Å². The lowest BCUT2D eigenvalue weighted by Crippen LogP contribution is -2.05. The van der Waals surface area contributed by atoms with Gasteiger partial charge in [0.25, 0.3) is 0 Å². The summed E-state index contributed by atoms with van der Waals surface area (Å²) in [6.45, 7) is 0. The van der Waals surface area contributed by atoms with Crippen molar-refractivity contribution in [3.8, 4) is 0 Å². The Kier molecular flexibility index (Phi) is 3.81. The smallest absolute Gasteiger partial charge is 0.167 e. The van der Waals surface area contributed by atoms with Gasteiger partial charge < -0.3 is 5.73 Å². The molecule has 0 radical (unpaired) electrons. The Morgan fingerprint density at radius 1 is 1.11 bits per heavy atom. The van der Waals surface area contributed by atoms with Crippen LogP contribution in [0.4, 0.5) is 14.5 Å². The molecule has 0 aliphatic rings. The molecule has 2 aromatic carbocycles. The molecule has 2 N–H and O–H groups in total. The highest BCUT2D eigenvalue weighted by Gasteiger charge is 2.11. The second-order valence-electron chi connectivity index (χ2n) is 4.08. The van der Waals surface area contributed by atoms with Crippen LogP contribution in [0, 0.1) is 11.6 Å². The maximum absolute atomic E-state index is 13.2. The van der Waals surface area contributed by atoms with Gasteiger partial charge in [0.05, 0.1) is 10.7 Å². The second kappa shape index (κ2) is 5.36. The number of anilines is 1. The molecule has 2 nitrogen and oxygen atoms in total. The van der Waals surface area contributed by atoms with Crippen molar-refractivity contribution in [2.75, 3.05) is 5.73 Å². The third-order valence-corrected chi connectivity index (χ3v) is 2.98. The van der Waals surface area contributed by atoms with E-state index in [2.05, 4.69) is 0 Å². The van der Waals surface area contributed by atoms with Gasteiger partial charge in [-0.15, -0.1) is 0 Å². The summed E-state index contributed by atoms with van der Waals surface area (Å²) in [5.74, 6) is -1.55. The molecule has 0 aliphatic carbocycles. The molecule has 0 unspecified atom stereocenters. The molecule has 19 heavy (non-hydrogen) atoms. The van der Waals surface area contributed by atoms with Crippen LogP contribution in [-0.2, 0) is 6.42 Å². The Morgan fingerprint density at radius 3 is 2.47 bits per heavy atom. The van der Waals surface area contributed by atoms with E-state index in [9.17, 15) is 13.6 Å². The fraction of sp³-hybridized carbons (Fsp3) is 0.0714. The third-order valence-electron chi connectivity index (χ3n) is 2.67. The highest BCUT2D eigenvalue weighted by Crippen LogP contribution is 2.18. The van der Waals surface area contributed by atoms with Crippen LogP contribution in [0.15, 0.2) is 36.4 Å². The van der Waals surface area contributed by atoms with E-state index in [1.807, 2.05) is 0 Å². The van der Waals surface area contributed by atoms with Crippen molar-refractivity contribution in [3.63, 3.8) is 0 Å². The van der Waals surface area contributed by atoms with Crippen LogP contribution in [0.1, 0.15) is 15.9 Å². The molecule has 5 heteroatoms. The van der Waals surface area contributed by atoms with E-state index in [0.29, 0.717) is 5.56 Å². The van der Waals surface area contributed by atoms with Gasteiger partial charge in [-0.3, -0.25) is 4.79 Å². The molecular formula is C14H10ClF2NO. The minimum Gasteiger partial charge on any atom is -0.396 e. The number of nitrogen functional groups attached to an aromatic ring is 1. The van der Waals surface area contributed by atoms with Crippen LogP contribution in [-0.4, -0.2) is 5.78 Å². The Balaban J connectivity index is 2.20. The number of ketones is 1. The first-order valence-electron chi connectivity index (χ1n) is 5.49. The first-order valence-corrected chi connectivity index (χ1v) is 5.87. The van der Waals surface area contributed by atoms with E-state index in [0.717, 1.165) is 6.07 Å². The summed E-state index contributed by atoms with van der Waals surface area (Å²) in [6, 6.07) is 7.95. The number of carbonyl (C=O) groups is 1. The molecule has 0 amide bonds. The third kappa shape index (κ3) is 3.09. The van der Waals surface area contributed by atoms with Crippen molar-refractivity contribution in [2.45, 2.75) is 6.42 Å². The zero-order valence-corrected chi connectivity index (χ0v) is 10.5. The lowest BCUT2D eigenvalue weighted by Gasteiger charge is -2.04. The predicted octanol–water partition coefficient (Wildman–Crippen LogP) is 3.63. The molecule has 2 aromatic rings. The lowest BCUT2D eigenvalue weighted by molar-refractivity contribution is 0.0992. The number of nitrogens with two attached hydrogens (primary N) is 1. The van der Waals surface area contributed by atoms with Gasteiger partial charge in [0.1, 0.15) is 11.6 Å². The van der Waals surface area contributed by atoms with Gasteiger partial charge in [-0.2, -0.15) is 0 Å². The Labute approximate surface area is 113 Å². The largest absolute Gasteiger partial charge is 0.396 e. The highest BCUT2D eigenvalue weighted by molar-refractivity contribution is 6.30. The maximum atomic E-state index is 13.2. The van der Waals surface area contributed by atoms with Crippen LogP contribution >= 0.6 is 11.6 Å². The molecular weight excluding hydrogens is 272 g/mol. The Hall–Kier alpha value is -1.94. The summed E-state index contributed by atoms with van der Waals surface area (Å²) in [7, 11) is 0. The van der Waals surface area contributed by atoms with Crippen LogP contribution < -0.4 is 5.73 Å². The molecule has 0 heterocycles. The number of hydrogen-bond acceptors (Lipinski definition) is 2. The average Bonchev–Trinajstić information content (AvgIpc) is 2.37. The first kappa shape index (κ1) is 13.5. The normalized spacial score (nSPS) is 10.5. The van der Waals surface area contributed by atoms with Crippen LogP contribution in [0.2, 0.25) is 5.02 Å². The number of halogens is 3. The standard InChI is InChI=1S/C14H10ClF2NO/c15-10-3-1-8(5-11(10)16)6-14(19)9-2-4-13(18)12(17)7-9/h1-5,7H,6,18H2. The molecule has 98 valence electrons. The van der Waals surface area contributed by atoms with Crippen molar-refractivity contribution >= 4 is 23.1 Å². The zero-order chi connectivity index (χ0) is 14.0. The van der Waals surface area contributed by atoms with Gasteiger partial charge in [-0.05, 0) is 35.9 Å². The Morgan fingerprint density at radius 2 is 1.84 bits per heavy atom. The van der Waals surface area contributed by atoms with E-state index in [4.69, 9.17) is 17.3 Å². The fourth-order valence-electron chi connectivity index (χ4n) is 1.64. The summed E-state index contributed by atoms with van der Waals surface area (Å²) >= 11 is 5.55. The van der Waals surface area contributed by atoms with E-state index in [1.165, 1.54) is 24.3 Å². The number of hydrogen-bond donors (Lipinski definition) is 1. The summed E-state index contributed by atoms with van der Waals surface area (Å²) in [4.78, 5) is 11.9. The molecule has 0 spiro atoms. The molecule has 0 aromatic heterocycles. The molecule has 0 saturated heterocycles.